The minimum absolute atomic E-state index is 0.00898. The molecule has 0 saturated carbocycles. The minimum Gasteiger partial charge on any atom is -0.361 e. The van der Waals surface area contributed by atoms with Crippen molar-refractivity contribution < 1.29 is 14.0 Å². The van der Waals surface area contributed by atoms with E-state index in [4.69, 9.17) is 4.98 Å². The summed E-state index contributed by atoms with van der Waals surface area (Å²) in [5, 5.41) is 13.3. The van der Waals surface area contributed by atoms with E-state index in [1.54, 1.807) is 12.3 Å². The molecule has 8 nitrogen and oxygen atoms in total. The Kier molecular flexibility index (Phi) is 7.00. The summed E-state index contributed by atoms with van der Waals surface area (Å²) < 4.78 is 13.7. The molecule has 2 amide bonds. The third-order valence-electron chi connectivity index (χ3n) is 6.90. The standard InChI is InChI=1S/C28H31FN6O2S/c1-16-5-7-20(25(37)32-27-34-33-26(38-27)28(2,3)4)24(31-16)17-9-11-35(12-10-17)23(36)13-18-15-30-22-8-6-19(29)14-21(18)22/h5-8,14-15,17,30H,9-13H2,1-4H3,(H,32,34,37). The molecule has 0 bridgehead atoms. The van der Waals surface area contributed by atoms with Gasteiger partial charge in [-0.15, -0.1) is 10.2 Å². The fourth-order valence-corrected chi connectivity index (χ4v) is 5.59. The highest BCUT2D eigenvalue weighted by molar-refractivity contribution is 7.15. The van der Waals surface area contributed by atoms with E-state index in [2.05, 4.69) is 41.3 Å². The Bertz CT molecular complexity index is 1500. The van der Waals surface area contributed by atoms with Gasteiger partial charge in [0.1, 0.15) is 10.8 Å². The highest BCUT2D eigenvalue weighted by Crippen LogP contribution is 2.32. The van der Waals surface area contributed by atoms with E-state index in [0.717, 1.165) is 32.9 Å². The number of rotatable bonds is 5. The molecule has 0 aliphatic carbocycles. The van der Waals surface area contributed by atoms with Gasteiger partial charge in [-0.1, -0.05) is 32.1 Å². The Labute approximate surface area is 224 Å². The highest BCUT2D eigenvalue weighted by Gasteiger charge is 2.29. The first kappa shape index (κ1) is 26.0. The van der Waals surface area contributed by atoms with Crippen LogP contribution < -0.4 is 5.32 Å². The second kappa shape index (κ2) is 10.2. The van der Waals surface area contributed by atoms with Gasteiger partial charge < -0.3 is 9.88 Å². The number of hydrogen-bond donors (Lipinski definition) is 2. The van der Waals surface area contributed by atoms with Crippen molar-refractivity contribution in [3.8, 4) is 0 Å². The van der Waals surface area contributed by atoms with E-state index in [0.29, 0.717) is 36.6 Å². The molecule has 1 saturated heterocycles. The van der Waals surface area contributed by atoms with Crippen LogP contribution in [0.15, 0.2) is 36.5 Å². The molecule has 38 heavy (non-hydrogen) atoms. The van der Waals surface area contributed by atoms with Gasteiger partial charge in [0.15, 0.2) is 0 Å². The van der Waals surface area contributed by atoms with Crippen molar-refractivity contribution in [2.24, 2.45) is 0 Å². The van der Waals surface area contributed by atoms with Crippen LogP contribution >= 0.6 is 11.3 Å². The number of aromatic amines is 1. The summed E-state index contributed by atoms with van der Waals surface area (Å²) >= 11 is 1.37. The molecule has 4 heterocycles. The Morgan fingerprint density at radius 3 is 2.63 bits per heavy atom. The molecule has 10 heteroatoms. The number of halogens is 1. The van der Waals surface area contributed by atoms with Crippen LogP contribution in [0, 0.1) is 12.7 Å². The van der Waals surface area contributed by atoms with Crippen LogP contribution in [0.5, 0.6) is 0 Å². The predicted octanol–water partition coefficient (Wildman–Crippen LogP) is 5.36. The van der Waals surface area contributed by atoms with Crippen molar-refractivity contribution in [2.75, 3.05) is 18.4 Å². The lowest BCUT2D eigenvalue weighted by molar-refractivity contribution is -0.131. The summed E-state index contributed by atoms with van der Waals surface area (Å²) in [5.41, 5.74) is 3.57. The average Bonchev–Trinajstić information content (AvgIpc) is 3.51. The quantitative estimate of drug-likeness (QED) is 0.359. The molecule has 5 rings (SSSR count). The molecule has 1 aromatic carbocycles. The van der Waals surface area contributed by atoms with Crippen LogP contribution in [0.2, 0.25) is 0 Å². The molecule has 2 N–H and O–H groups in total. The number of aromatic nitrogens is 4. The van der Waals surface area contributed by atoms with Crippen LogP contribution in [-0.4, -0.2) is 50.0 Å². The largest absolute Gasteiger partial charge is 0.361 e. The number of carbonyl (C=O) groups is 2. The number of anilines is 1. The number of fused-ring (bicyclic) bond motifs is 1. The molecule has 1 aliphatic heterocycles. The van der Waals surface area contributed by atoms with Gasteiger partial charge in [0.25, 0.3) is 5.91 Å². The van der Waals surface area contributed by atoms with Gasteiger partial charge in [-0.3, -0.25) is 19.9 Å². The Hall–Kier alpha value is -3.66. The first-order valence-corrected chi connectivity index (χ1v) is 13.6. The van der Waals surface area contributed by atoms with Crippen molar-refractivity contribution in [1.29, 1.82) is 0 Å². The number of pyridine rings is 1. The highest BCUT2D eigenvalue weighted by atomic mass is 32.1. The number of carbonyl (C=O) groups excluding carboxylic acids is 2. The molecule has 1 aliphatic rings. The van der Waals surface area contributed by atoms with Crippen LogP contribution in [-0.2, 0) is 16.6 Å². The Morgan fingerprint density at radius 1 is 1.16 bits per heavy atom. The molecular formula is C28H31FN6O2S. The number of nitrogens with one attached hydrogen (secondary N) is 2. The smallest absolute Gasteiger partial charge is 0.259 e. The molecule has 0 radical (unpaired) electrons. The van der Waals surface area contributed by atoms with E-state index in [-0.39, 0.29) is 35.4 Å². The topological polar surface area (TPSA) is 104 Å². The van der Waals surface area contributed by atoms with E-state index in [1.807, 2.05) is 24.0 Å². The van der Waals surface area contributed by atoms with E-state index in [9.17, 15) is 14.0 Å². The number of nitrogens with zero attached hydrogens (tertiary/aromatic N) is 4. The van der Waals surface area contributed by atoms with Crippen molar-refractivity contribution >= 4 is 39.2 Å². The lowest BCUT2D eigenvalue weighted by Crippen LogP contribution is -2.39. The van der Waals surface area contributed by atoms with Gasteiger partial charge in [-0.05, 0) is 55.7 Å². The predicted molar refractivity (Wildman–Crippen MR) is 146 cm³/mol. The van der Waals surface area contributed by atoms with Gasteiger partial charge in [-0.25, -0.2) is 4.39 Å². The van der Waals surface area contributed by atoms with Gasteiger partial charge in [0.05, 0.1) is 17.7 Å². The van der Waals surface area contributed by atoms with Crippen LogP contribution in [0.1, 0.15) is 71.8 Å². The monoisotopic (exact) mass is 534 g/mol. The van der Waals surface area contributed by atoms with Crippen molar-refractivity contribution in [3.05, 3.63) is 69.9 Å². The van der Waals surface area contributed by atoms with E-state index < -0.39 is 0 Å². The molecule has 4 aromatic rings. The third-order valence-corrected chi connectivity index (χ3v) is 8.17. The fourth-order valence-electron chi connectivity index (χ4n) is 4.80. The second-order valence-electron chi connectivity index (χ2n) is 10.8. The van der Waals surface area contributed by atoms with Crippen LogP contribution in [0.25, 0.3) is 10.9 Å². The summed E-state index contributed by atoms with van der Waals surface area (Å²) in [6.07, 6.45) is 3.40. The zero-order chi connectivity index (χ0) is 27.0. The summed E-state index contributed by atoms with van der Waals surface area (Å²) in [4.78, 5) is 36.0. The minimum atomic E-state index is -0.321. The normalized spacial score (nSPS) is 14.7. The fraction of sp³-hybridized carbons (Fsp3) is 0.393. The number of piperidine rings is 1. The van der Waals surface area contributed by atoms with Crippen LogP contribution in [0.3, 0.4) is 0 Å². The van der Waals surface area contributed by atoms with Crippen molar-refractivity contribution in [1.82, 2.24) is 25.1 Å². The van der Waals surface area contributed by atoms with Crippen LogP contribution in [0.4, 0.5) is 9.52 Å². The van der Waals surface area contributed by atoms with Crippen molar-refractivity contribution in [2.45, 2.75) is 58.3 Å². The summed E-state index contributed by atoms with van der Waals surface area (Å²) in [6.45, 7) is 9.22. The molecule has 3 aromatic heterocycles. The number of hydrogen-bond acceptors (Lipinski definition) is 6. The maximum absolute atomic E-state index is 13.7. The van der Waals surface area contributed by atoms with Gasteiger partial charge in [0.2, 0.25) is 11.0 Å². The molecule has 0 unspecified atom stereocenters. The molecular weight excluding hydrogens is 503 g/mol. The van der Waals surface area contributed by atoms with Gasteiger partial charge >= 0.3 is 0 Å². The SMILES string of the molecule is Cc1ccc(C(=O)Nc2nnc(C(C)(C)C)s2)c(C2CCN(C(=O)Cc3c[nH]c4ccc(F)cc34)CC2)n1. The Morgan fingerprint density at radius 2 is 1.92 bits per heavy atom. The molecule has 0 atom stereocenters. The third kappa shape index (κ3) is 5.45. The molecule has 1 fully saturated rings. The lowest BCUT2D eigenvalue weighted by Gasteiger charge is -2.32. The zero-order valence-corrected chi connectivity index (χ0v) is 22.8. The lowest BCUT2D eigenvalue weighted by atomic mass is 9.89. The maximum atomic E-state index is 13.7. The van der Waals surface area contributed by atoms with Gasteiger partial charge in [0, 0.05) is 47.2 Å². The number of H-pyrrole nitrogens is 1. The average molecular weight is 535 g/mol. The number of aryl methyl sites for hydroxylation is 1. The number of likely N-dealkylation sites (tertiary alicyclic amines) is 1. The molecule has 0 spiro atoms. The molecule has 198 valence electrons. The van der Waals surface area contributed by atoms with Crippen molar-refractivity contribution in [3.63, 3.8) is 0 Å². The summed E-state index contributed by atoms with van der Waals surface area (Å²) in [6, 6.07) is 8.19. The van der Waals surface area contributed by atoms with E-state index >= 15 is 0 Å². The summed E-state index contributed by atoms with van der Waals surface area (Å²) in [7, 11) is 0. The number of benzene rings is 1. The van der Waals surface area contributed by atoms with Gasteiger partial charge in [-0.2, -0.15) is 0 Å². The summed E-state index contributed by atoms with van der Waals surface area (Å²) in [5.74, 6) is -0.511. The second-order valence-corrected chi connectivity index (χ2v) is 11.8. The van der Waals surface area contributed by atoms with E-state index in [1.165, 1.54) is 23.5 Å². The Balaban J connectivity index is 1.26. The first-order chi connectivity index (χ1) is 18.1. The number of amides is 2. The zero-order valence-electron chi connectivity index (χ0n) is 22.0. The first-order valence-electron chi connectivity index (χ1n) is 12.7. The maximum Gasteiger partial charge on any atom is 0.259 e.